The molecule has 3 rings (SSSR count). The summed E-state index contributed by atoms with van der Waals surface area (Å²) >= 11 is 0. The molecule has 1 aliphatic rings. The lowest BCUT2D eigenvalue weighted by molar-refractivity contribution is -0.141. The Morgan fingerprint density at radius 3 is 3.00 bits per heavy atom. The number of hydrogen-bond acceptors (Lipinski definition) is 5. The third-order valence-electron chi connectivity index (χ3n) is 3.61. The number of carbonyl (C=O) groups is 2. The topological polar surface area (TPSA) is 97.6 Å². The van der Waals surface area contributed by atoms with Crippen LogP contribution in [0.5, 0.6) is 0 Å². The van der Waals surface area contributed by atoms with Gasteiger partial charge in [-0.15, -0.1) is 5.10 Å². The van der Waals surface area contributed by atoms with Crippen LogP contribution in [0.15, 0.2) is 36.7 Å². The Bertz CT molecular complexity index is 701. The molecule has 0 aliphatic carbocycles. The lowest BCUT2D eigenvalue weighted by Crippen LogP contribution is -2.46. The largest absolute Gasteiger partial charge is 0.481 e. The van der Waals surface area contributed by atoms with Gasteiger partial charge in [0.25, 0.3) is 5.91 Å². The summed E-state index contributed by atoms with van der Waals surface area (Å²) in [7, 11) is 0. The van der Waals surface area contributed by atoms with Crippen molar-refractivity contribution in [1.29, 1.82) is 0 Å². The summed E-state index contributed by atoms with van der Waals surface area (Å²) in [5, 5.41) is 16.5. The molecule has 1 aromatic heterocycles. The molecule has 8 heteroatoms. The normalized spacial score (nSPS) is 17.9. The minimum atomic E-state index is -0.933. The zero-order chi connectivity index (χ0) is 16.2. The third kappa shape index (κ3) is 3.54. The van der Waals surface area contributed by atoms with E-state index >= 15 is 0 Å². The van der Waals surface area contributed by atoms with Crippen molar-refractivity contribution in [2.75, 3.05) is 19.7 Å². The van der Waals surface area contributed by atoms with Crippen molar-refractivity contribution in [2.24, 2.45) is 0 Å². The smallest absolute Gasteiger partial charge is 0.306 e. The molecule has 1 saturated heterocycles. The summed E-state index contributed by atoms with van der Waals surface area (Å²) in [4.78, 5) is 25.0. The number of nitrogens with zero attached hydrogens (tertiary/aromatic N) is 4. The standard InChI is InChI=1S/C15H16N4O4/c20-14(21)9-13-10-18(6-7-23-13)15(22)11-2-1-3-12(8-11)19-5-4-16-17-19/h1-5,8,13H,6-7,9-10H2,(H,20,21). The van der Waals surface area contributed by atoms with Gasteiger partial charge in [-0.1, -0.05) is 11.3 Å². The lowest BCUT2D eigenvalue weighted by atomic mass is 10.1. The number of amides is 1. The molecule has 2 heterocycles. The van der Waals surface area contributed by atoms with Gasteiger partial charge in [-0.25, -0.2) is 4.68 Å². The predicted octanol–water partition coefficient (Wildman–Crippen LogP) is 0.583. The molecule has 0 spiro atoms. The minimum absolute atomic E-state index is 0.108. The van der Waals surface area contributed by atoms with Gasteiger partial charge >= 0.3 is 5.97 Å². The van der Waals surface area contributed by atoms with E-state index in [4.69, 9.17) is 9.84 Å². The molecule has 1 aliphatic heterocycles. The number of carboxylic acid groups (broad SMARTS) is 1. The van der Waals surface area contributed by atoms with Crippen molar-refractivity contribution in [1.82, 2.24) is 19.9 Å². The number of morpholine rings is 1. The Kier molecular flexibility index (Phi) is 4.33. The second-order valence-corrected chi connectivity index (χ2v) is 5.24. The molecule has 120 valence electrons. The van der Waals surface area contributed by atoms with Gasteiger partial charge in [0, 0.05) is 18.7 Å². The number of carboxylic acids is 1. The van der Waals surface area contributed by atoms with E-state index in [1.54, 1.807) is 40.2 Å². The highest BCUT2D eigenvalue weighted by molar-refractivity contribution is 5.94. The molecule has 1 fully saturated rings. The first-order valence-corrected chi connectivity index (χ1v) is 7.23. The summed E-state index contributed by atoms with van der Waals surface area (Å²) in [5.74, 6) is -1.08. The van der Waals surface area contributed by atoms with Gasteiger partial charge in [0.15, 0.2) is 0 Å². The summed E-state index contributed by atoms with van der Waals surface area (Å²) in [5.41, 5.74) is 1.26. The van der Waals surface area contributed by atoms with E-state index in [0.29, 0.717) is 18.7 Å². The third-order valence-corrected chi connectivity index (χ3v) is 3.61. The molecule has 1 aromatic carbocycles. The fraction of sp³-hybridized carbons (Fsp3) is 0.333. The second kappa shape index (κ2) is 6.57. The Hall–Kier alpha value is -2.74. The Morgan fingerprint density at radius 2 is 2.26 bits per heavy atom. The zero-order valence-corrected chi connectivity index (χ0v) is 12.3. The quantitative estimate of drug-likeness (QED) is 0.886. The number of ether oxygens (including phenoxy) is 1. The molecule has 1 amide bonds. The zero-order valence-electron chi connectivity index (χ0n) is 12.3. The summed E-state index contributed by atoms with van der Waals surface area (Å²) in [6, 6.07) is 7.07. The highest BCUT2D eigenvalue weighted by atomic mass is 16.5. The monoisotopic (exact) mass is 316 g/mol. The Labute approximate surface area is 132 Å². The van der Waals surface area contributed by atoms with Crippen LogP contribution in [0.4, 0.5) is 0 Å². The lowest BCUT2D eigenvalue weighted by Gasteiger charge is -2.32. The van der Waals surface area contributed by atoms with Crippen LogP contribution in [0.2, 0.25) is 0 Å². The van der Waals surface area contributed by atoms with Gasteiger partial charge in [0.05, 0.1) is 37.2 Å². The predicted molar refractivity (Wildman–Crippen MR) is 79.3 cm³/mol. The molecule has 2 aromatic rings. The van der Waals surface area contributed by atoms with Crippen LogP contribution in [0.25, 0.3) is 5.69 Å². The van der Waals surface area contributed by atoms with Crippen molar-refractivity contribution in [2.45, 2.75) is 12.5 Å². The average molecular weight is 316 g/mol. The maximum atomic E-state index is 12.6. The van der Waals surface area contributed by atoms with Gasteiger partial charge in [-0.3, -0.25) is 9.59 Å². The molecule has 1 atom stereocenters. The Balaban J connectivity index is 1.75. The van der Waals surface area contributed by atoms with Gasteiger partial charge in [-0.05, 0) is 18.2 Å². The van der Waals surface area contributed by atoms with Gasteiger partial charge in [-0.2, -0.15) is 0 Å². The Morgan fingerprint density at radius 1 is 1.39 bits per heavy atom. The van der Waals surface area contributed by atoms with Crippen molar-refractivity contribution in [3.63, 3.8) is 0 Å². The summed E-state index contributed by atoms with van der Waals surface area (Å²) in [6.07, 6.45) is 2.68. The average Bonchev–Trinajstić information content (AvgIpc) is 3.08. The van der Waals surface area contributed by atoms with Gasteiger partial charge < -0.3 is 14.7 Å². The number of aromatic nitrogens is 3. The number of hydrogen-bond donors (Lipinski definition) is 1. The van der Waals surface area contributed by atoms with E-state index in [1.165, 1.54) is 0 Å². The molecular weight excluding hydrogens is 300 g/mol. The summed E-state index contributed by atoms with van der Waals surface area (Å²) < 4.78 is 6.96. The van der Waals surface area contributed by atoms with Crippen LogP contribution in [-0.4, -0.2) is 62.7 Å². The molecular formula is C15H16N4O4. The number of carbonyl (C=O) groups excluding carboxylic acids is 1. The molecule has 8 nitrogen and oxygen atoms in total. The summed E-state index contributed by atoms with van der Waals surface area (Å²) in [6.45, 7) is 1.06. The number of benzene rings is 1. The fourth-order valence-corrected chi connectivity index (χ4v) is 2.53. The molecule has 0 radical (unpaired) electrons. The van der Waals surface area contributed by atoms with E-state index < -0.39 is 12.1 Å². The van der Waals surface area contributed by atoms with Crippen molar-refractivity contribution < 1.29 is 19.4 Å². The van der Waals surface area contributed by atoms with E-state index in [2.05, 4.69) is 10.3 Å². The molecule has 23 heavy (non-hydrogen) atoms. The van der Waals surface area contributed by atoms with E-state index in [1.807, 2.05) is 6.07 Å². The van der Waals surface area contributed by atoms with Gasteiger partial charge in [0.2, 0.25) is 0 Å². The van der Waals surface area contributed by atoms with Crippen LogP contribution >= 0.6 is 0 Å². The maximum Gasteiger partial charge on any atom is 0.306 e. The van der Waals surface area contributed by atoms with E-state index in [0.717, 1.165) is 5.69 Å². The van der Waals surface area contributed by atoms with Crippen molar-refractivity contribution >= 4 is 11.9 Å². The van der Waals surface area contributed by atoms with Crippen LogP contribution in [0, 0.1) is 0 Å². The van der Waals surface area contributed by atoms with E-state index in [9.17, 15) is 9.59 Å². The number of rotatable bonds is 4. The van der Waals surface area contributed by atoms with Crippen molar-refractivity contribution in [3.05, 3.63) is 42.2 Å². The van der Waals surface area contributed by atoms with Gasteiger partial charge in [0.1, 0.15) is 0 Å². The highest BCUT2D eigenvalue weighted by Crippen LogP contribution is 2.15. The number of aliphatic carboxylic acids is 1. The molecule has 0 saturated carbocycles. The van der Waals surface area contributed by atoms with Crippen LogP contribution in [0.3, 0.4) is 0 Å². The van der Waals surface area contributed by atoms with E-state index in [-0.39, 0.29) is 18.9 Å². The second-order valence-electron chi connectivity index (χ2n) is 5.24. The first kappa shape index (κ1) is 15.2. The highest BCUT2D eigenvalue weighted by Gasteiger charge is 2.26. The first-order chi connectivity index (χ1) is 11.1. The van der Waals surface area contributed by atoms with Crippen LogP contribution < -0.4 is 0 Å². The molecule has 0 bridgehead atoms. The SMILES string of the molecule is O=C(O)CC1CN(C(=O)c2cccc(-n3ccnn3)c2)CCO1. The first-order valence-electron chi connectivity index (χ1n) is 7.23. The molecule has 1 unspecified atom stereocenters. The fourth-order valence-electron chi connectivity index (χ4n) is 2.53. The van der Waals surface area contributed by atoms with Crippen LogP contribution in [-0.2, 0) is 9.53 Å². The van der Waals surface area contributed by atoms with Crippen LogP contribution in [0.1, 0.15) is 16.8 Å². The maximum absolute atomic E-state index is 12.6. The molecule has 1 N–H and O–H groups in total. The van der Waals surface area contributed by atoms with Crippen molar-refractivity contribution in [3.8, 4) is 5.69 Å². The minimum Gasteiger partial charge on any atom is -0.481 e.